The van der Waals surface area contributed by atoms with Crippen LogP contribution in [-0.4, -0.2) is 36.0 Å². The highest BCUT2D eigenvalue weighted by molar-refractivity contribution is 6.33. The predicted molar refractivity (Wildman–Crippen MR) is 127 cm³/mol. The maximum Gasteiger partial charge on any atom is 0.319 e. The molecule has 6 heteroatoms. The molecule has 1 heterocycles. The van der Waals surface area contributed by atoms with Gasteiger partial charge in [0.15, 0.2) is 0 Å². The molecule has 3 saturated carbocycles. The third-order valence-electron chi connectivity index (χ3n) is 9.56. The van der Waals surface area contributed by atoms with Crippen molar-refractivity contribution in [2.24, 2.45) is 28.6 Å². The van der Waals surface area contributed by atoms with Crippen LogP contribution in [0.25, 0.3) is 0 Å². The van der Waals surface area contributed by atoms with Crippen molar-refractivity contribution in [2.45, 2.75) is 64.5 Å². The molecule has 0 bridgehead atoms. The molecule has 0 radical (unpaired) electrons. The van der Waals surface area contributed by atoms with Crippen LogP contribution in [0.4, 0.5) is 10.5 Å². The molecule has 4 aliphatic rings. The molecule has 1 aromatic rings. The Labute approximate surface area is 196 Å². The van der Waals surface area contributed by atoms with Gasteiger partial charge in [0, 0.05) is 24.5 Å². The van der Waals surface area contributed by atoms with E-state index < -0.39 is 0 Å². The molecule has 5 rings (SSSR count). The number of hydrogen-bond donors (Lipinski definition) is 2. The van der Waals surface area contributed by atoms with E-state index in [-0.39, 0.29) is 28.8 Å². The van der Waals surface area contributed by atoms with Gasteiger partial charge in [-0.3, -0.25) is 4.79 Å². The van der Waals surface area contributed by atoms with Gasteiger partial charge in [-0.15, -0.1) is 0 Å². The summed E-state index contributed by atoms with van der Waals surface area (Å²) >= 11 is 6.22. The molecule has 1 aromatic carbocycles. The number of urea groups is 1. The Balaban J connectivity index is 1.32. The molecule has 0 spiro atoms. The summed E-state index contributed by atoms with van der Waals surface area (Å²) in [5.74, 6) is 2.00. The van der Waals surface area contributed by atoms with E-state index in [2.05, 4.69) is 30.6 Å². The molecule has 3 amide bonds. The molecule has 3 aliphatic carbocycles. The Morgan fingerprint density at radius 2 is 1.88 bits per heavy atom. The van der Waals surface area contributed by atoms with Gasteiger partial charge in [0.05, 0.1) is 10.7 Å². The van der Waals surface area contributed by atoms with Crippen molar-refractivity contribution in [3.63, 3.8) is 0 Å². The van der Waals surface area contributed by atoms with E-state index in [9.17, 15) is 9.59 Å². The first kappa shape index (κ1) is 21.8. The minimum Gasteiger partial charge on any atom is -0.338 e. The second-order valence-corrected chi connectivity index (χ2v) is 11.3. The normalized spacial score (nSPS) is 40.3. The minimum atomic E-state index is -0.168. The van der Waals surface area contributed by atoms with Gasteiger partial charge in [-0.25, -0.2) is 4.79 Å². The van der Waals surface area contributed by atoms with Crippen LogP contribution in [0.1, 0.15) is 52.4 Å². The minimum absolute atomic E-state index is 0.0554. The van der Waals surface area contributed by atoms with Crippen LogP contribution in [0.3, 0.4) is 0 Å². The fourth-order valence-electron chi connectivity index (χ4n) is 7.85. The SMILES string of the molecule is CN1C(=O)C=C[C@]2(C)[C@H]3CC[C@]4(C)[C@@H](NC(=O)Nc5ccccc5Cl)CC[C@H]4[C@@H]3CC[C@@H]12. The highest BCUT2D eigenvalue weighted by Gasteiger charge is 2.60. The average Bonchev–Trinajstić information content (AvgIpc) is 3.09. The maximum atomic E-state index is 12.8. The van der Waals surface area contributed by atoms with Crippen molar-refractivity contribution in [3.8, 4) is 0 Å². The maximum absolute atomic E-state index is 12.8. The highest BCUT2D eigenvalue weighted by atomic mass is 35.5. The average molecular weight is 456 g/mol. The largest absolute Gasteiger partial charge is 0.338 e. The number of carbonyl (C=O) groups excluding carboxylic acids is 2. The van der Waals surface area contributed by atoms with E-state index in [0.29, 0.717) is 34.5 Å². The van der Waals surface area contributed by atoms with Gasteiger partial charge < -0.3 is 15.5 Å². The first-order chi connectivity index (χ1) is 15.2. The van der Waals surface area contributed by atoms with E-state index in [4.69, 9.17) is 11.6 Å². The zero-order valence-corrected chi connectivity index (χ0v) is 20.0. The number of amides is 3. The van der Waals surface area contributed by atoms with Crippen molar-refractivity contribution in [1.29, 1.82) is 0 Å². The van der Waals surface area contributed by atoms with E-state index in [0.717, 1.165) is 32.1 Å². The number of nitrogens with one attached hydrogen (secondary N) is 2. The molecule has 3 fully saturated rings. The van der Waals surface area contributed by atoms with E-state index in [1.807, 2.05) is 30.1 Å². The molecule has 172 valence electrons. The van der Waals surface area contributed by atoms with Crippen molar-refractivity contribution in [2.75, 3.05) is 12.4 Å². The fourth-order valence-corrected chi connectivity index (χ4v) is 8.04. The van der Waals surface area contributed by atoms with Crippen LogP contribution in [0.5, 0.6) is 0 Å². The molecule has 32 heavy (non-hydrogen) atoms. The smallest absolute Gasteiger partial charge is 0.319 e. The van der Waals surface area contributed by atoms with Crippen molar-refractivity contribution in [3.05, 3.63) is 41.4 Å². The Bertz CT molecular complexity index is 964. The van der Waals surface area contributed by atoms with Crippen LogP contribution < -0.4 is 10.6 Å². The van der Waals surface area contributed by atoms with Crippen LogP contribution in [0.2, 0.25) is 5.02 Å². The van der Waals surface area contributed by atoms with Crippen LogP contribution in [-0.2, 0) is 4.79 Å². The number of nitrogens with zero attached hydrogens (tertiary/aromatic N) is 1. The van der Waals surface area contributed by atoms with Gasteiger partial charge in [0.25, 0.3) is 0 Å². The summed E-state index contributed by atoms with van der Waals surface area (Å²) in [4.78, 5) is 27.0. The number of para-hydroxylation sites is 1. The summed E-state index contributed by atoms with van der Waals surface area (Å²) in [6, 6.07) is 7.65. The van der Waals surface area contributed by atoms with Crippen LogP contribution in [0, 0.1) is 28.6 Å². The number of likely N-dealkylation sites (N-methyl/N-ethyl adjacent to an activating group) is 1. The predicted octanol–water partition coefficient (Wildman–Crippen LogP) is 5.47. The Hall–Kier alpha value is -2.01. The molecule has 1 aliphatic heterocycles. The zero-order valence-electron chi connectivity index (χ0n) is 19.2. The van der Waals surface area contributed by atoms with Gasteiger partial charge in [0.2, 0.25) is 5.91 Å². The third kappa shape index (κ3) is 3.27. The molecule has 0 saturated heterocycles. The molecule has 7 atom stereocenters. The van der Waals surface area contributed by atoms with E-state index >= 15 is 0 Å². The second kappa shape index (κ2) is 7.79. The summed E-state index contributed by atoms with van der Waals surface area (Å²) in [6.07, 6.45) is 10.7. The van der Waals surface area contributed by atoms with Crippen molar-refractivity contribution >= 4 is 29.2 Å². The van der Waals surface area contributed by atoms with Gasteiger partial charge in [0.1, 0.15) is 0 Å². The summed E-state index contributed by atoms with van der Waals surface area (Å²) in [6.45, 7) is 4.76. The van der Waals surface area contributed by atoms with Crippen LogP contribution >= 0.6 is 11.6 Å². The second-order valence-electron chi connectivity index (χ2n) is 10.9. The van der Waals surface area contributed by atoms with E-state index in [1.165, 1.54) is 6.42 Å². The standard InChI is InChI=1S/C26H34ClN3O2/c1-25-14-12-18-16(8-11-22-26(18,2)15-13-23(31)30(22)3)17(25)9-10-21(25)29-24(32)28-20-7-5-4-6-19(20)27/h4-7,13,15-18,21-22H,8-12,14H2,1-3H3,(H2,28,29,32)/t16-,17-,18-,21-,22+,25-,26+/m0/s1. The number of halogens is 1. The first-order valence-corrected chi connectivity index (χ1v) is 12.4. The third-order valence-corrected chi connectivity index (χ3v) is 9.88. The quantitative estimate of drug-likeness (QED) is 0.621. The number of fused-ring (bicyclic) bond motifs is 5. The van der Waals surface area contributed by atoms with Gasteiger partial charge in [-0.05, 0) is 79.9 Å². The number of benzene rings is 1. The number of rotatable bonds is 2. The Kier molecular flexibility index (Phi) is 5.31. The highest BCUT2D eigenvalue weighted by Crippen LogP contribution is 2.63. The zero-order chi connectivity index (χ0) is 22.7. The summed E-state index contributed by atoms with van der Waals surface area (Å²) in [5.41, 5.74) is 0.811. The van der Waals surface area contributed by atoms with E-state index in [1.54, 1.807) is 12.1 Å². The lowest BCUT2D eigenvalue weighted by Crippen LogP contribution is -2.60. The lowest BCUT2D eigenvalue weighted by Gasteiger charge is -2.60. The Morgan fingerprint density at radius 1 is 1.09 bits per heavy atom. The fraction of sp³-hybridized carbons (Fsp3) is 0.615. The molecule has 0 unspecified atom stereocenters. The van der Waals surface area contributed by atoms with Crippen LogP contribution in [0.15, 0.2) is 36.4 Å². The number of hydrogen-bond acceptors (Lipinski definition) is 2. The lowest BCUT2D eigenvalue weighted by molar-refractivity contribution is -0.138. The van der Waals surface area contributed by atoms with Gasteiger partial charge in [-0.2, -0.15) is 0 Å². The summed E-state index contributed by atoms with van der Waals surface area (Å²) < 4.78 is 0. The molecule has 5 nitrogen and oxygen atoms in total. The topological polar surface area (TPSA) is 61.4 Å². The van der Waals surface area contributed by atoms with Crippen molar-refractivity contribution < 1.29 is 9.59 Å². The first-order valence-electron chi connectivity index (χ1n) is 12.0. The molecule has 0 aromatic heterocycles. The molecular weight excluding hydrogens is 422 g/mol. The Morgan fingerprint density at radius 3 is 2.66 bits per heavy atom. The van der Waals surface area contributed by atoms with Gasteiger partial charge >= 0.3 is 6.03 Å². The number of carbonyl (C=O) groups is 2. The van der Waals surface area contributed by atoms with Crippen molar-refractivity contribution in [1.82, 2.24) is 10.2 Å². The summed E-state index contributed by atoms with van der Waals surface area (Å²) in [5, 5.41) is 6.77. The van der Waals surface area contributed by atoms with Gasteiger partial charge in [-0.1, -0.05) is 43.7 Å². The molecule has 2 N–H and O–H groups in total. The lowest BCUT2D eigenvalue weighted by atomic mass is 9.48. The monoisotopic (exact) mass is 455 g/mol. The summed E-state index contributed by atoms with van der Waals surface area (Å²) in [7, 11) is 1.97. The molecular formula is C26H34ClN3O2. The number of anilines is 1.